The molecule has 0 unspecified atom stereocenters. The molecule has 4 rings (SSSR count). The molecule has 0 spiro atoms. The fourth-order valence-electron chi connectivity index (χ4n) is 4.23. The van der Waals surface area contributed by atoms with E-state index >= 15 is 0 Å². The number of hydrogen-bond donors (Lipinski definition) is 1. The molecule has 3 aromatic rings. The molecule has 0 bridgehead atoms. The molecule has 1 fully saturated rings. The molecule has 1 aliphatic carbocycles. The molecule has 1 amide bonds. The van der Waals surface area contributed by atoms with Gasteiger partial charge < -0.3 is 9.88 Å². The fourth-order valence-corrected chi connectivity index (χ4v) is 4.23. The van der Waals surface area contributed by atoms with Crippen LogP contribution in [0.2, 0.25) is 0 Å². The van der Waals surface area contributed by atoms with Crippen LogP contribution in [-0.2, 0) is 24.8 Å². The van der Waals surface area contributed by atoms with E-state index in [-0.39, 0.29) is 11.8 Å². The maximum Gasteiger partial charge on any atom is 0.223 e. The lowest BCUT2D eigenvalue weighted by atomic mass is 9.81. The summed E-state index contributed by atoms with van der Waals surface area (Å²) in [7, 11) is 2.07. The summed E-state index contributed by atoms with van der Waals surface area (Å²) < 4.78 is 3.94. The first-order valence-corrected chi connectivity index (χ1v) is 9.72. The number of nitrogens with one attached hydrogen (secondary N) is 1. The van der Waals surface area contributed by atoms with Gasteiger partial charge in [-0.05, 0) is 60.1 Å². The van der Waals surface area contributed by atoms with E-state index in [1.54, 1.807) is 11.0 Å². The molecule has 1 N–H and O–H groups in total. The molecule has 142 valence electrons. The average Bonchev–Trinajstić information content (AvgIpc) is 3.31. The summed E-state index contributed by atoms with van der Waals surface area (Å²) in [5, 5.41) is 15.7. The van der Waals surface area contributed by atoms with Crippen molar-refractivity contribution >= 4 is 16.8 Å². The van der Waals surface area contributed by atoms with Crippen LogP contribution >= 0.6 is 0 Å². The van der Waals surface area contributed by atoms with Gasteiger partial charge in [0.25, 0.3) is 0 Å². The molecule has 27 heavy (non-hydrogen) atoms. The fraction of sp³-hybridized carbons (Fsp3) is 0.500. The molecule has 0 saturated heterocycles. The van der Waals surface area contributed by atoms with Gasteiger partial charge in [-0.15, -0.1) is 5.10 Å². The van der Waals surface area contributed by atoms with E-state index in [2.05, 4.69) is 62.9 Å². The SMILES string of the molecule is Cn1cc(CCNC(=O)C2CCC(Cn3cnnn3)CC2)c2ccccc21. The lowest BCUT2D eigenvalue weighted by Crippen LogP contribution is -2.34. The molecular formula is C20H26N6O. The number of aromatic nitrogens is 5. The second-order valence-electron chi connectivity index (χ2n) is 7.57. The number of rotatable bonds is 6. The molecule has 1 saturated carbocycles. The highest BCUT2D eigenvalue weighted by Crippen LogP contribution is 2.29. The van der Waals surface area contributed by atoms with E-state index in [0.29, 0.717) is 12.5 Å². The summed E-state index contributed by atoms with van der Waals surface area (Å²) in [6.45, 7) is 1.54. The van der Waals surface area contributed by atoms with Crippen LogP contribution in [0.15, 0.2) is 36.8 Å². The van der Waals surface area contributed by atoms with E-state index < -0.39 is 0 Å². The number of hydrogen-bond acceptors (Lipinski definition) is 4. The Bertz CT molecular complexity index is 892. The highest BCUT2D eigenvalue weighted by Gasteiger charge is 2.26. The van der Waals surface area contributed by atoms with Gasteiger partial charge in [-0.2, -0.15) is 0 Å². The topological polar surface area (TPSA) is 77.6 Å². The number of tetrazole rings is 1. The average molecular weight is 366 g/mol. The van der Waals surface area contributed by atoms with Crippen LogP contribution in [0.25, 0.3) is 10.9 Å². The van der Waals surface area contributed by atoms with Gasteiger partial charge in [-0.1, -0.05) is 18.2 Å². The summed E-state index contributed by atoms with van der Waals surface area (Å²) in [4.78, 5) is 12.5. The largest absolute Gasteiger partial charge is 0.356 e. The molecule has 2 aromatic heterocycles. The minimum Gasteiger partial charge on any atom is -0.356 e. The van der Waals surface area contributed by atoms with E-state index in [1.807, 2.05) is 0 Å². The van der Waals surface area contributed by atoms with E-state index in [4.69, 9.17) is 0 Å². The molecule has 0 atom stereocenters. The van der Waals surface area contributed by atoms with Gasteiger partial charge in [0, 0.05) is 43.2 Å². The number of nitrogens with zero attached hydrogens (tertiary/aromatic N) is 5. The normalized spacial score (nSPS) is 20.0. The number of carbonyl (C=O) groups is 1. The van der Waals surface area contributed by atoms with Gasteiger partial charge in [0.1, 0.15) is 6.33 Å². The molecule has 7 nitrogen and oxygen atoms in total. The molecule has 2 heterocycles. The second kappa shape index (κ2) is 7.90. The third-order valence-corrected chi connectivity index (χ3v) is 5.73. The van der Waals surface area contributed by atoms with Crippen molar-refractivity contribution in [3.8, 4) is 0 Å². The molecule has 1 aromatic carbocycles. The van der Waals surface area contributed by atoms with Crippen LogP contribution < -0.4 is 5.32 Å². The highest BCUT2D eigenvalue weighted by molar-refractivity contribution is 5.84. The van der Waals surface area contributed by atoms with E-state index in [0.717, 1.165) is 38.6 Å². The summed E-state index contributed by atoms with van der Waals surface area (Å²) in [6.07, 6.45) is 8.71. The van der Waals surface area contributed by atoms with Crippen LogP contribution in [0.4, 0.5) is 0 Å². The molecular weight excluding hydrogens is 340 g/mol. The zero-order valence-corrected chi connectivity index (χ0v) is 15.7. The zero-order valence-electron chi connectivity index (χ0n) is 15.7. The number of benzene rings is 1. The van der Waals surface area contributed by atoms with Gasteiger partial charge >= 0.3 is 0 Å². The summed E-state index contributed by atoms with van der Waals surface area (Å²) in [5.74, 6) is 0.909. The first-order valence-electron chi connectivity index (χ1n) is 9.72. The van der Waals surface area contributed by atoms with Gasteiger partial charge in [-0.25, -0.2) is 4.68 Å². The summed E-state index contributed by atoms with van der Waals surface area (Å²) in [5.41, 5.74) is 2.53. The third-order valence-electron chi connectivity index (χ3n) is 5.73. The molecule has 0 radical (unpaired) electrons. The predicted octanol–water partition coefficient (Wildman–Crippen LogP) is 2.33. The molecule has 7 heteroatoms. The smallest absolute Gasteiger partial charge is 0.223 e. The predicted molar refractivity (Wildman–Crippen MR) is 103 cm³/mol. The lowest BCUT2D eigenvalue weighted by Gasteiger charge is -2.27. The van der Waals surface area contributed by atoms with Crippen LogP contribution in [0.5, 0.6) is 0 Å². The molecule has 1 aliphatic rings. The first kappa shape index (κ1) is 17.7. The van der Waals surface area contributed by atoms with Crippen molar-refractivity contribution in [1.82, 2.24) is 30.1 Å². The Balaban J connectivity index is 1.24. The number of carbonyl (C=O) groups excluding carboxylic acids is 1. The Kier molecular flexibility index (Phi) is 5.18. The zero-order chi connectivity index (χ0) is 18.6. The van der Waals surface area contributed by atoms with Crippen LogP contribution in [-0.4, -0.2) is 37.2 Å². The van der Waals surface area contributed by atoms with Crippen LogP contribution in [0, 0.1) is 11.8 Å². The Morgan fingerprint density at radius 2 is 2.04 bits per heavy atom. The van der Waals surface area contributed by atoms with Crippen molar-refractivity contribution in [1.29, 1.82) is 0 Å². The summed E-state index contributed by atoms with van der Waals surface area (Å²) >= 11 is 0. The van der Waals surface area contributed by atoms with E-state index in [9.17, 15) is 4.79 Å². The highest BCUT2D eigenvalue weighted by atomic mass is 16.1. The van der Waals surface area contributed by atoms with Crippen molar-refractivity contribution in [2.45, 2.75) is 38.6 Å². The maximum atomic E-state index is 12.5. The number of para-hydroxylation sites is 1. The van der Waals surface area contributed by atoms with Crippen molar-refractivity contribution in [2.75, 3.05) is 6.54 Å². The van der Waals surface area contributed by atoms with Crippen molar-refractivity contribution in [2.24, 2.45) is 18.9 Å². The number of aryl methyl sites for hydroxylation is 1. The lowest BCUT2D eigenvalue weighted by molar-refractivity contribution is -0.126. The second-order valence-corrected chi connectivity index (χ2v) is 7.57. The third kappa shape index (κ3) is 4.02. The Hall–Kier alpha value is -2.70. The number of amides is 1. The van der Waals surface area contributed by atoms with Crippen LogP contribution in [0.3, 0.4) is 0 Å². The van der Waals surface area contributed by atoms with Crippen molar-refractivity contribution in [3.63, 3.8) is 0 Å². The van der Waals surface area contributed by atoms with Crippen LogP contribution in [0.1, 0.15) is 31.2 Å². The van der Waals surface area contributed by atoms with Gasteiger partial charge in [-0.3, -0.25) is 4.79 Å². The van der Waals surface area contributed by atoms with Gasteiger partial charge in [0.05, 0.1) is 0 Å². The summed E-state index contributed by atoms with van der Waals surface area (Å²) in [6, 6.07) is 8.41. The first-order chi connectivity index (χ1) is 13.2. The molecule has 0 aliphatic heterocycles. The van der Waals surface area contributed by atoms with Crippen molar-refractivity contribution in [3.05, 3.63) is 42.4 Å². The minimum atomic E-state index is 0.141. The maximum absolute atomic E-state index is 12.5. The standard InChI is InChI=1S/C20H26N6O/c1-25-13-17(18-4-2-3-5-19(18)25)10-11-21-20(27)16-8-6-15(7-9-16)12-26-14-22-23-24-26/h2-5,13-16H,6-12H2,1H3,(H,21,27). The number of fused-ring (bicyclic) bond motifs is 1. The van der Waals surface area contributed by atoms with Gasteiger partial charge in [0.2, 0.25) is 5.91 Å². The Labute approximate surface area is 158 Å². The van der Waals surface area contributed by atoms with Gasteiger partial charge in [0.15, 0.2) is 0 Å². The minimum absolute atomic E-state index is 0.141. The van der Waals surface area contributed by atoms with E-state index in [1.165, 1.54) is 16.5 Å². The quantitative estimate of drug-likeness (QED) is 0.726. The monoisotopic (exact) mass is 366 g/mol. The van der Waals surface area contributed by atoms with Crippen molar-refractivity contribution < 1.29 is 4.79 Å². The Morgan fingerprint density at radius 1 is 1.22 bits per heavy atom. The Morgan fingerprint density at radius 3 is 2.81 bits per heavy atom.